The summed E-state index contributed by atoms with van der Waals surface area (Å²) in [7, 11) is 0. The minimum atomic E-state index is 0.661. The number of nitrogens with one attached hydrogen (secondary N) is 1. The fourth-order valence-corrected chi connectivity index (χ4v) is 3.37. The molecule has 0 atom stereocenters. The number of rotatable bonds is 2. The summed E-state index contributed by atoms with van der Waals surface area (Å²) >= 11 is 0. The van der Waals surface area contributed by atoms with Crippen LogP contribution < -0.4 is 10.2 Å². The number of aromatic nitrogens is 2. The molecule has 1 N–H and O–H groups in total. The molecular weight excluding hydrogens is 248 g/mol. The number of hydrogen-bond donors (Lipinski definition) is 1. The first-order valence-corrected chi connectivity index (χ1v) is 8.14. The maximum absolute atomic E-state index is 4.91. The maximum Gasteiger partial charge on any atom is 0.225 e. The van der Waals surface area contributed by atoms with Crippen LogP contribution in [-0.4, -0.2) is 36.1 Å². The van der Waals surface area contributed by atoms with Crippen LogP contribution in [0.1, 0.15) is 55.8 Å². The Hall–Kier alpha value is -1.16. The van der Waals surface area contributed by atoms with Gasteiger partial charge < -0.3 is 10.2 Å². The van der Waals surface area contributed by atoms with Crippen molar-refractivity contribution in [3.63, 3.8) is 0 Å². The molecule has 0 radical (unpaired) electrons. The summed E-state index contributed by atoms with van der Waals surface area (Å²) < 4.78 is 0. The largest absolute Gasteiger partial charge is 0.339 e. The summed E-state index contributed by atoms with van der Waals surface area (Å²) in [4.78, 5) is 11.9. The molecule has 110 valence electrons. The van der Waals surface area contributed by atoms with E-state index in [1.54, 1.807) is 0 Å². The molecular formula is C16H26N4. The molecule has 1 saturated carbocycles. The zero-order valence-corrected chi connectivity index (χ0v) is 12.6. The second-order valence-electron chi connectivity index (χ2n) is 6.16. The van der Waals surface area contributed by atoms with Crippen molar-refractivity contribution in [3.05, 3.63) is 17.5 Å². The molecule has 2 aliphatic rings. The lowest BCUT2D eigenvalue weighted by Gasteiger charge is -2.24. The van der Waals surface area contributed by atoms with Crippen LogP contribution in [0, 0.1) is 6.92 Å². The lowest BCUT2D eigenvalue weighted by atomic mass is 9.86. The lowest BCUT2D eigenvalue weighted by Crippen LogP contribution is -2.30. The topological polar surface area (TPSA) is 41.1 Å². The Bertz CT molecular complexity index is 432. The predicted molar refractivity (Wildman–Crippen MR) is 82.3 cm³/mol. The Morgan fingerprint density at radius 3 is 2.75 bits per heavy atom. The Balaban J connectivity index is 1.81. The molecule has 1 aliphatic heterocycles. The van der Waals surface area contributed by atoms with Crippen LogP contribution in [0.25, 0.3) is 0 Å². The second-order valence-corrected chi connectivity index (χ2v) is 6.16. The van der Waals surface area contributed by atoms with E-state index in [1.807, 2.05) is 0 Å². The second kappa shape index (κ2) is 6.53. The van der Waals surface area contributed by atoms with E-state index >= 15 is 0 Å². The van der Waals surface area contributed by atoms with Crippen molar-refractivity contribution in [2.75, 3.05) is 31.1 Å². The van der Waals surface area contributed by atoms with Gasteiger partial charge in [0.25, 0.3) is 0 Å². The Morgan fingerprint density at radius 1 is 1.05 bits per heavy atom. The van der Waals surface area contributed by atoms with Crippen molar-refractivity contribution in [2.45, 2.75) is 51.4 Å². The van der Waals surface area contributed by atoms with Gasteiger partial charge in [-0.05, 0) is 38.8 Å². The van der Waals surface area contributed by atoms with Gasteiger partial charge in [-0.3, -0.25) is 0 Å². The first kappa shape index (κ1) is 13.8. The average Bonchev–Trinajstić information content (AvgIpc) is 2.77. The van der Waals surface area contributed by atoms with Gasteiger partial charge in [0.2, 0.25) is 5.95 Å². The van der Waals surface area contributed by atoms with Crippen molar-refractivity contribution < 1.29 is 0 Å². The fourth-order valence-electron chi connectivity index (χ4n) is 3.37. The van der Waals surface area contributed by atoms with Gasteiger partial charge in [0, 0.05) is 36.9 Å². The van der Waals surface area contributed by atoms with Crippen LogP contribution in [0.5, 0.6) is 0 Å². The number of anilines is 1. The highest BCUT2D eigenvalue weighted by Gasteiger charge is 2.20. The molecule has 0 spiro atoms. The standard InChI is InChI=1S/C16H26N4/c1-13-12-15(14-6-3-2-4-7-14)19-16(18-13)20-10-5-8-17-9-11-20/h12,14,17H,2-11H2,1H3. The van der Waals surface area contributed by atoms with Gasteiger partial charge in [0.05, 0.1) is 0 Å². The monoisotopic (exact) mass is 274 g/mol. The molecule has 2 fully saturated rings. The zero-order valence-electron chi connectivity index (χ0n) is 12.6. The predicted octanol–water partition coefficient (Wildman–Crippen LogP) is 2.63. The molecule has 1 aromatic heterocycles. The van der Waals surface area contributed by atoms with Gasteiger partial charge in [0.1, 0.15) is 0 Å². The summed E-state index contributed by atoms with van der Waals surface area (Å²) in [6, 6.07) is 2.20. The molecule has 4 heteroatoms. The highest BCUT2D eigenvalue weighted by molar-refractivity contribution is 5.33. The van der Waals surface area contributed by atoms with E-state index in [0.717, 1.165) is 37.8 Å². The van der Waals surface area contributed by atoms with Crippen molar-refractivity contribution in [1.29, 1.82) is 0 Å². The first-order chi connectivity index (χ1) is 9.83. The van der Waals surface area contributed by atoms with E-state index in [4.69, 9.17) is 4.98 Å². The normalized spacial score (nSPS) is 21.8. The molecule has 3 rings (SSSR count). The number of hydrogen-bond acceptors (Lipinski definition) is 4. The summed E-state index contributed by atoms with van der Waals surface area (Å²) in [5.41, 5.74) is 2.40. The summed E-state index contributed by atoms with van der Waals surface area (Å²) in [5, 5.41) is 3.44. The first-order valence-electron chi connectivity index (χ1n) is 8.14. The van der Waals surface area contributed by atoms with Crippen molar-refractivity contribution in [3.8, 4) is 0 Å². The quantitative estimate of drug-likeness (QED) is 0.900. The van der Waals surface area contributed by atoms with Gasteiger partial charge in [-0.25, -0.2) is 9.97 Å². The van der Waals surface area contributed by atoms with E-state index in [-0.39, 0.29) is 0 Å². The zero-order chi connectivity index (χ0) is 13.8. The van der Waals surface area contributed by atoms with E-state index in [2.05, 4.69) is 28.2 Å². The van der Waals surface area contributed by atoms with Gasteiger partial charge in [-0.1, -0.05) is 19.3 Å². The van der Waals surface area contributed by atoms with Crippen LogP contribution in [0.4, 0.5) is 5.95 Å². The van der Waals surface area contributed by atoms with Crippen LogP contribution in [-0.2, 0) is 0 Å². The number of aryl methyl sites for hydroxylation is 1. The third-order valence-corrected chi connectivity index (χ3v) is 4.51. The van der Waals surface area contributed by atoms with E-state index < -0.39 is 0 Å². The van der Waals surface area contributed by atoms with Gasteiger partial charge >= 0.3 is 0 Å². The van der Waals surface area contributed by atoms with Crippen LogP contribution in [0.2, 0.25) is 0 Å². The maximum atomic E-state index is 4.91. The van der Waals surface area contributed by atoms with Gasteiger partial charge in [0.15, 0.2) is 0 Å². The molecule has 20 heavy (non-hydrogen) atoms. The summed E-state index contributed by atoms with van der Waals surface area (Å²) in [6.07, 6.45) is 7.89. The van der Waals surface area contributed by atoms with Crippen molar-refractivity contribution in [1.82, 2.24) is 15.3 Å². The van der Waals surface area contributed by atoms with Crippen molar-refractivity contribution >= 4 is 5.95 Å². The Kier molecular flexibility index (Phi) is 4.51. The highest BCUT2D eigenvalue weighted by atomic mass is 15.3. The summed E-state index contributed by atoms with van der Waals surface area (Å²) in [6.45, 7) is 6.34. The van der Waals surface area contributed by atoms with Crippen LogP contribution in [0.3, 0.4) is 0 Å². The third-order valence-electron chi connectivity index (χ3n) is 4.51. The molecule has 0 unspecified atom stereocenters. The van der Waals surface area contributed by atoms with Gasteiger partial charge in [-0.15, -0.1) is 0 Å². The Labute approximate surface area is 122 Å². The molecule has 1 aromatic rings. The van der Waals surface area contributed by atoms with E-state index in [1.165, 1.54) is 44.2 Å². The molecule has 0 aromatic carbocycles. The van der Waals surface area contributed by atoms with Crippen LogP contribution in [0.15, 0.2) is 6.07 Å². The van der Waals surface area contributed by atoms with E-state index in [9.17, 15) is 0 Å². The lowest BCUT2D eigenvalue weighted by molar-refractivity contribution is 0.436. The molecule has 1 saturated heterocycles. The minimum Gasteiger partial charge on any atom is -0.339 e. The molecule has 4 nitrogen and oxygen atoms in total. The van der Waals surface area contributed by atoms with Gasteiger partial charge in [-0.2, -0.15) is 0 Å². The molecule has 2 heterocycles. The molecule has 0 bridgehead atoms. The van der Waals surface area contributed by atoms with Crippen LogP contribution >= 0.6 is 0 Å². The average molecular weight is 274 g/mol. The van der Waals surface area contributed by atoms with Crippen molar-refractivity contribution in [2.24, 2.45) is 0 Å². The fraction of sp³-hybridized carbons (Fsp3) is 0.750. The third kappa shape index (κ3) is 3.29. The summed E-state index contributed by atoms with van der Waals surface area (Å²) in [5.74, 6) is 1.61. The van der Waals surface area contributed by atoms with E-state index in [0.29, 0.717) is 5.92 Å². The smallest absolute Gasteiger partial charge is 0.225 e. The Morgan fingerprint density at radius 2 is 1.90 bits per heavy atom. The SMILES string of the molecule is Cc1cc(C2CCCCC2)nc(N2CCCNCC2)n1. The number of nitrogens with zero attached hydrogens (tertiary/aromatic N) is 3. The molecule has 0 amide bonds. The minimum absolute atomic E-state index is 0.661. The highest BCUT2D eigenvalue weighted by Crippen LogP contribution is 2.32. The molecule has 1 aliphatic carbocycles.